The topological polar surface area (TPSA) is 74.2 Å². The van der Waals surface area contributed by atoms with Gasteiger partial charge in [-0.1, -0.05) is 37.8 Å². The molecule has 10 heteroatoms. The average molecular weight is 457 g/mol. The molecule has 0 amide bonds. The van der Waals surface area contributed by atoms with Gasteiger partial charge in [0.1, 0.15) is 12.2 Å². The zero-order valence-electron chi connectivity index (χ0n) is 17.9. The first-order valence-corrected chi connectivity index (χ1v) is 10.5. The van der Waals surface area contributed by atoms with Crippen LogP contribution in [0.4, 0.5) is 13.2 Å². The van der Waals surface area contributed by atoms with Crippen LogP contribution in [0, 0.1) is 0 Å². The number of alkyl halides is 3. The van der Waals surface area contributed by atoms with E-state index in [0.29, 0.717) is 17.9 Å². The molecule has 3 aromatic heterocycles. The number of aryl methyl sites for hydroxylation is 1. The van der Waals surface area contributed by atoms with E-state index >= 15 is 0 Å². The highest BCUT2D eigenvalue weighted by molar-refractivity contribution is 5.76. The molecule has 33 heavy (non-hydrogen) atoms. The summed E-state index contributed by atoms with van der Waals surface area (Å²) < 4.78 is 44.0. The molecule has 0 N–H and O–H groups in total. The Balaban J connectivity index is 0.000000586. The summed E-state index contributed by atoms with van der Waals surface area (Å²) in [5.74, 6) is 0.700. The van der Waals surface area contributed by atoms with Crippen LogP contribution in [0.1, 0.15) is 53.0 Å². The lowest BCUT2D eigenvalue weighted by Crippen LogP contribution is -2.19. The molecule has 1 saturated carbocycles. The predicted molar refractivity (Wildman–Crippen MR) is 116 cm³/mol. The lowest BCUT2D eigenvalue weighted by atomic mass is 10.0. The Hall–Kier alpha value is -3.69. The number of aromatic nitrogens is 5. The number of benzene rings is 1. The molecule has 1 aliphatic rings. The molecule has 0 bridgehead atoms. The molecule has 3 heterocycles. The van der Waals surface area contributed by atoms with Crippen molar-refractivity contribution in [1.29, 1.82) is 0 Å². The summed E-state index contributed by atoms with van der Waals surface area (Å²) in [7, 11) is 1.80. The molecule has 1 aromatic carbocycles. The maximum Gasteiger partial charge on any atom is 0.418 e. The van der Waals surface area contributed by atoms with E-state index in [-0.39, 0.29) is 17.4 Å². The lowest BCUT2D eigenvalue weighted by molar-refractivity contribution is -0.136. The Morgan fingerprint density at radius 3 is 2.39 bits per heavy atom. The third kappa shape index (κ3) is 4.74. The number of hydrogen-bond acceptors (Lipinski definition) is 4. The molecule has 0 aliphatic heterocycles. The van der Waals surface area contributed by atoms with Crippen LogP contribution >= 0.6 is 0 Å². The van der Waals surface area contributed by atoms with E-state index in [2.05, 4.69) is 10.2 Å². The highest BCUT2D eigenvalue weighted by Gasteiger charge is 2.34. The first-order chi connectivity index (χ1) is 15.8. The number of aldehydes is 1. The second-order valence-corrected chi connectivity index (χ2v) is 7.96. The number of hydrogen-bond donors (Lipinski definition) is 0. The van der Waals surface area contributed by atoms with Crippen molar-refractivity contribution in [3.8, 4) is 5.69 Å². The maximum absolute atomic E-state index is 13.4. The van der Waals surface area contributed by atoms with E-state index in [1.54, 1.807) is 36.1 Å². The molecular formula is C23H22F3N5O2. The molecule has 7 nitrogen and oxygen atoms in total. The van der Waals surface area contributed by atoms with Gasteiger partial charge in [0.15, 0.2) is 6.29 Å². The van der Waals surface area contributed by atoms with Gasteiger partial charge in [0, 0.05) is 31.4 Å². The smallest absolute Gasteiger partial charge is 0.320 e. The zero-order valence-corrected chi connectivity index (χ0v) is 17.9. The molecule has 0 spiro atoms. The van der Waals surface area contributed by atoms with Gasteiger partial charge in [0.05, 0.1) is 16.8 Å². The summed E-state index contributed by atoms with van der Waals surface area (Å²) >= 11 is 0. The number of rotatable bonds is 4. The number of halogens is 3. The summed E-state index contributed by atoms with van der Waals surface area (Å²) in [5, 5.41) is 7.82. The van der Waals surface area contributed by atoms with Crippen LogP contribution in [0.25, 0.3) is 11.2 Å². The minimum absolute atomic E-state index is 0.235. The Kier molecular flexibility index (Phi) is 6.17. The van der Waals surface area contributed by atoms with Crippen LogP contribution in [0.2, 0.25) is 0 Å². The minimum Gasteiger partial charge on any atom is -0.320 e. The molecule has 1 fully saturated rings. The summed E-state index contributed by atoms with van der Waals surface area (Å²) in [5.41, 5.74) is -1.10. The van der Waals surface area contributed by atoms with Gasteiger partial charge in [-0.05, 0) is 23.8 Å². The Morgan fingerprint density at radius 2 is 1.82 bits per heavy atom. The molecule has 172 valence electrons. The molecule has 4 aromatic rings. The van der Waals surface area contributed by atoms with E-state index in [0.717, 1.165) is 33.0 Å². The zero-order chi connectivity index (χ0) is 23.6. The number of fused-ring (bicyclic) bond motifs is 1. The predicted octanol–water partition coefficient (Wildman–Crippen LogP) is 4.20. The molecule has 0 atom stereocenters. The van der Waals surface area contributed by atoms with E-state index in [1.807, 2.05) is 6.07 Å². The Bertz CT molecular complexity index is 1340. The first-order valence-electron chi connectivity index (χ1n) is 10.5. The summed E-state index contributed by atoms with van der Waals surface area (Å²) in [4.78, 5) is 23.8. The SMILES string of the molecule is C1CCC1.Cn1cnnc1Cc1cccc(-n2cc3c(C(F)(F)F)cc(C=O)cn3c2=O)c1. The standard InChI is InChI=1S/C19H14F3N5O2.C4H8/c1-25-11-23-24-17(25)7-12-3-2-4-14(5-12)26-9-16-15(19(20,21)22)6-13(10-28)8-27(16)18(26)29;1-2-4-3-1/h2-6,8-11H,7H2,1H3;1-4H2. The highest BCUT2D eigenvalue weighted by Crippen LogP contribution is 2.33. The molecule has 5 rings (SSSR count). The summed E-state index contributed by atoms with van der Waals surface area (Å²) in [6.45, 7) is 0. The van der Waals surface area contributed by atoms with Crippen LogP contribution in [0.15, 0.2) is 53.8 Å². The molecule has 0 saturated heterocycles. The van der Waals surface area contributed by atoms with Crippen molar-refractivity contribution < 1.29 is 18.0 Å². The van der Waals surface area contributed by atoms with Gasteiger partial charge in [-0.25, -0.2) is 4.79 Å². The van der Waals surface area contributed by atoms with Crippen LogP contribution in [0.5, 0.6) is 0 Å². The van der Waals surface area contributed by atoms with Gasteiger partial charge in [0.2, 0.25) is 0 Å². The van der Waals surface area contributed by atoms with Crippen molar-refractivity contribution in [2.45, 2.75) is 38.3 Å². The fourth-order valence-electron chi connectivity index (χ4n) is 3.40. The van der Waals surface area contributed by atoms with E-state index < -0.39 is 17.4 Å². The van der Waals surface area contributed by atoms with Crippen molar-refractivity contribution >= 4 is 11.8 Å². The van der Waals surface area contributed by atoms with Gasteiger partial charge < -0.3 is 4.57 Å². The van der Waals surface area contributed by atoms with Gasteiger partial charge in [0.25, 0.3) is 0 Å². The number of carbonyl (C=O) groups is 1. The van der Waals surface area contributed by atoms with Crippen molar-refractivity contribution in [3.63, 3.8) is 0 Å². The summed E-state index contributed by atoms with van der Waals surface area (Å²) in [6, 6.07) is 7.58. The van der Waals surface area contributed by atoms with Crippen LogP contribution < -0.4 is 5.69 Å². The second-order valence-electron chi connectivity index (χ2n) is 7.96. The molecule has 1 aliphatic carbocycles. The maximum atomic E-state index is 13.4. The third-order valence-electron chi connectivity index (χ3n) is 5.59. The minimum atomic E-state index is -4.71. The number of pyridine rings is 1. The van der Waals surface area contributed by atoms with Gasteiger partial charge in [-0.15, -0.1) is 10.2 Å². The van der Waals surface area contributed by atoms with Gasteiger partial charge in [-0.3, -0.25) is 13.8 Å². The quantitative estimate of drug-likeness (QED) is 0.431. The fraction of sp³-hybridized carbons (Fsp3) is 0.304. The van der Waals surface area contributed by atoms with Gasteiger partial charge in [-0.2, -0.15) is 13.2 Å². The fourth-order valence-corrected chi connectivity index (χ4v) is 3.40. The first kappa shape index (κ1) is 22.5. The number of carbonyl (C=O) groups excluding carboxylic acids is 1. The van der Waals surface area contributed by atoms with E-state index in [1.165, 1.54) is 25.7 Å². The van der Waals surface area contributed by atoms with Crippen molar-refractivity contribution in [2.75, 3.05) is 0 Å². The van der Waals surface area contributed by atoms with Gasteiger partial charge >= 0.3 is 11.9 Å². The Morgan fingerprint density at radius 1 is 1.09 bits per heavy atom. The molecule has 0 radical (unpaired) electrons. The van der Waals surface area contributed by atoms with Crippen molar-refractivity contribution in [3.05, 3.63) is 82.1 Å². The largest absolute Gasteiger partial charge is 0.418 e. The normalized spacial score (nSPS) is 13.3. The van der Waals surface area contributed by atoms with Crippen LogP contribution in [0.3, 0.4) is 0 Å². The second kappa shape index (κ2) is 9.05. The average Bonchev–Trinajstić information content (AvgIpc) is 3.28. The van der Waals surface area contributed by atoms with E-state index in [4.69, 9.17) is 0 Å². The monoisotopic (exact) mass is 457 g/mol. The van der Waals surface area contributed by atoms with Crippen molar-refractivity contribution in [2.24, 2.45) is 7.05 Å². The third-order valence-corrected chi connectivity index (χ3v) is 5.59. The van der Waals surface area contributed by atoms with Crippen molar-refractivity contribution in [1.82, 2.24) is 23.7 Å². The lowest BCUT2D eigenvalue weighted by Gasteiger charge is -2.08. The highest BCUT2D eigenvalue weighted by atomic mass is 19.4. The van der Waals surface area contributed by atoms with E-state index in [9.17, 15) is 22.8 Å². The van der Waals surface area contributed by atoms with Crippen LogP contribution in [-0.2, 0) is 19.6 Å². The molecular weight excluding hydrogens is 435 g/mol. The number of nitrogens with zero attached hydrogens (tertiary/aromatic N) is 5. The van der Waals surface area contributed by atoms with Crippen LogP contribution in [-0.4, -0.2) is 30.0 Å². The summed E-state index contributed by atoms with van der Waals surface area (Å²) in [6.07, 6.45) is 5.79. The molecule has 0 unspecified atom stereocenters. The number of imidazole rings is 1. The Labute approximate surface area is 187 Å².